The van der Waals surface area contributed by atoms with Gasteiger partial charge in [0, 0.05) is 6.61 Å². The SMILES string of the molecule is CC1(C)OB(c2ccccc2)OC1(C)CCCOCC(=O)O. The number of rotatable bonds is 7. The van der Waals surface area contributed by atoms with Crippen LogP contribution in [0.5, 0.6) is 0 Å². The minimum absolute atomic E-state index is 0.260. The summed E-state index contributed by atoms with van der Waals surface area (Å²) in [5, 5.41) is 8.55. The number of ether oxygens (including phenoxy) is 1. The van der Waals surface area contributed by atoms with Crippen LogP contribution in [0.25, 0.3) is 0 Å². The standard InChI is InChI=1S/C16H23BO5/c1-15(2)16(3,10-7-11-20-12-14(18)19)22-17(21-15)13-8-5-4-6-9-13/h4-6,8-9H,7,10-12H2,1-3H3,(H,18,19). The maximum absolute atomic E-state index is 10.4. The van der Waals surface area contributed by atoms with E-state index in [1.807, 2.05) is 51.1 Å². The molecule has 0 spiro atoms. The molecule has 120 valence electrons. The molecule has 1 unspecified atom stereocenters. The zero-order valence-electron chi connectivity index (χ0n) is 13.4. The predicted octanol–water partition coefficient (Wildman–Crippen LogP) is 1.85. The average molecular weight is 306 g/mol. The van der Waals surface area contributed by atoms with Gasteiger partial charge in [-0.3, -0.25) is 0 Å². The van der Waals surface area contributed by atoms with Crippen molar-refractivity contribution in [3.8, 4) is 0 Å². The van der Waals surface area contributed by atoms with E-state index in [9.17, 15) is 4.79 Å². The number of hydrogen-bond acceptors (Lipinski definition) is 4. The number of hydrogen-bond donors (Lipinski definition) is 1. The minimum atomic E-state index is -0.948. The van der Waals surface area contributed by atoms with Gasteiger partial charge in [0.1, 0.15) is 6.61 Å². The van der Waals surface area contributed by atoms with Crippen molar-refractivity contribution in [2.45, 2.75) is 44.8 Å². The first-order chi connectivity index (χ1) is 10.3. The van der Waals surface area contributed by atoms with Crippen molar-refractivity contribution < 1.29 is 23.9 Å². The molecule has 0 bridgehead atoms. The molecule has 2 rings (SSSR count). The summed E-state index contributed by atoms with van der Waals surface area (Å²) in [5.41, 5.74) is 0.127. The summed E-state index contributed by atoms with van der Waals surface area (Å²) >= 11 is 0. The number of aliphatic carboxylic acids is 1. The molecule has 1 heterocycles. The van der Waals surface area contributed by atoms with Crippen molar-refractivity contribution in [3.05, 3.63) is 30.3 Å². The minimum Gasteiger partial charge on any atom is -0.480 e. The molecule has 1 aliphatic heterocycles. The lowest BCUT2D eigenvalue weighted by molar-refractivity contribution is -0.142. The van der Waals surface area contributed by atoms with Gasteiger partial charge in [-0.15, -0.1) is 0 Å². The Morgan fingerprint density at radius 3 is 2.55 bits per heavy atom. The van der Waals surface area contributed by atoms with Crippen LogP contribution in [0.3, 0.4) is 0 Å². The summed E-state index contributed by atoms with van der Waals surface area (Å²) in [5.74, 6) is -0.948. The van der Waals surface area contributed by atoms with Crippen molar-refractivity contribution in [2.75, 3.05) is 13.2 Å². The van der Waals surface area contributed by atoms with E-state index < -0.39 is 17.2 Å². The highest BCUT2D eigenvalue weighted by Gasteiger charge is 2.53. The Bertz CT molecular complexity index is 505. The molecular weight excluding hydrogens is 283 g/mol. The van der Waals surface area contributed by atoms with E-state index in [4.69, 9.17) is 19.2 Å². The monoisotopic (exact) mass is 306 g/mol. The van der Waals surface area contributed by atoms with Gasteiger partial charge in [-0.25, -0.2) is 4.79 Å². The molecular formula is C16H23BO5. The fraction of sp³-hybridized carbons (Fsp3) is 0.562. The molecule has 5 nitrogen and oxygen atoms in total. The zero-order chi connectivity index (χ0) is 16.2. The molecule has 22 heavy (non-hydrogen) atoms. The second kappa shape index (κ2) is 6.81. The smallest absolute Gasteiger partial charge is 0.480 e. The van der Waals surface area contributed by atoms with Crippen molar-refractivity contribution in [1.82, 2.24) is 0 Å². The molecule has 1 N–H and O–H groups in total. The van der Waals surface area contributed by atoms with Crippen molar-refractivity contribution in [3.63, 3.8) is 0 Å². The maximum Gasteiger partial charge on any atom is 0.494 e. The first kappa shape index (κ1) is 17.0. The lowest BCUT2D eigenvalue weighted by Crippen LogP contribution is -2.44. The van der Waals surface area contributed by atoms with E-state index in [-0.39, 0.29) is 13.7 Å². The first-order valence-electron chi connectivity index (χ1n) is 7.54. The molecule has 1 aromatic rings. The van der Waals surface area contributed by atoms with Gasteiger partial charge < -0.3 is 19.2 Å². The Hall–Kier alpha value is -1.37. The summed E-state index contributed by atoms with van der Waals surface area (Å²) in [6.07, 6.45) is 1.46. The summed E-state index contributed by atoms with van der Waals surface area (Å²) in [7, 11) is -0.374. The lowest BCUT2D eigenvalue weighted by atomic mass is 9.79. The third kappa shape index (κ3) is 3.88. The van der Waals surface area contributed by atoms with Gasteiger partial charge in [0.2, 0.25) is 0 Å². The summed E-state index contributed by atoms with van der Waals surface area (Å²) in [6.45, 7) is 6.22. The van der Waals surface area contributed by atoms with E-state index in [1.165, 1.54) is 0 Å². The van der Waals surface area contributed by atoms with Crippen molar-refractivity contribution in [1.29, 1.82) is 0 Å². The number of carbonyl (C=O) groups is 1. The summed E-state index contributed by atoms with van der Waals surface area (Å²) in [4.78, 5) is 10.4. The first-order valence-corrected chi connectivity index (χ1v) is 7.54. The van der Waals surface area contributed by atoms with E-state index in [0.717, 1.165) is 18.3 Å². The topological polar surface area (TPSA) is 65.0 Å². The molecule has 1 atom stereocenters. The van der Waals surface area contributed by atoms with Gasteiger partial charge in [0.25, 0.3) is 0 Å². The largest absolute Gasteiger partial charge is 0.494 e. The van der Waals surface area contributed by atoms with Crippen LogP contribution in [0.2, 0.25) is 0 Å². The Balaban J connectivity index is 1.93. The molecule has 1 saturated heterocycles. The summed E-state index contributed by atoms with van der Waals surface area (Å²) < 4.78 is 17.4. The third-order valence-corrected chi connectivity index (χ3v) is 4.28. The van der Waals surface area contributed by atoms with E-state index >= 15 is 0 Å². The molecule has 6 heteroatoms. The van der Waals surface area contributed by atoms with Gasteiger partial charge >= 0.3 is 13.1 Å². The molecule has 1 fully saturated rings. The van der Waals surface area contributed by atoms with Crippen LogP contribution in [0.4, 0.5) is 0 Å². The molecule has 1 aromatic carbocycles. The second-order valence-electron chi connectivity index (χ2n) is 6.27. The Morgan fingerprint density at radius 2 is 1.91 bits per heavy atom. The normalized spacial score (nSPS) is 23.7. The summed E-state index contributed by atoms with van der Waals surface area (Å²) in [6, 6.07) is 9.86. The highest BCUT2D eigenvalue weighted by atomic mass is 16.7. The number of benzene rings is 1. The van der Waals surface area contributed by atoms with Gasteiger partial charge in [-0.2, -0.15) is 0 Å². The third-order valence-electron chi connectivity index (χ3n) is 4.28. The highest BCUT2D eigenvalue weighted by Crippen LogP contribution is 2.40. The zero-order valence-corrected chi connectivity index (χ0v) is 13.4. The Morgan fingerprint density at radius 1 is 1.23 bits per heavy atom. The number of carboxylic acids is 1. The molecule has 0 aliphatic carbocycles. The van der Waals surface area contributed by atoms with Crippen LogP contribution < -0.4 is 5.46 Å². The van der Waals surface area contributed by atoms with Gasteiger partial charge in [0.15, 0.2) is 0 Å². The van der Waals surface area contributed by atoms with E-state index in [0.29, 0.717) is 6.61 Å². The average Bonchev–Trinajstić information content (AvgIpc) is 2.70. The fourth-order valence-electron chi connectivity index (χ4n) is 2.57. The van der Waals surface area contributed by atoms with Gasteiger partial charge in [-0.1, -0.05) is 30.3 Å². The van der Waals surface area contributed by atoms with Gasteiger partial charge in [-0.05, 0) is 39.1 Å². The second-order valence-corrected chi connectivity index (χ2v) is 6.27. The van der Waals surface area contributed by atoms with Crippen molar-refractivity contribution in [2.24, 2.45) is 0 Å². The molecule has 0 aromatic heterocycles. The predicted molar refractivity (Wildman–Crippen MR) is 84.2 cm³/mol. The Labute approximate surface area is 131 Å². The highest BCUT2D eigenvalue weighted by molar-refractivity contribution is 6.62. The fourth-order valence-corrected chi connectivity index (χ4v) is 2.57. The van der Waals surface area contributed by atoms with Crippen LogP contribution in [0.1, 0.15) is 33.6 Å². The van der Waals surface area contributed by atoms with Crippen LogP contribution >= 0.6 is 0 Å². The lowest BCUT2D eigenvalue weighted by Gasteiger charge is -2.36. The Kier molecular flexibility index (Phi) is 5.26. The molecule has 0 saturated carbocycles. The van der Waals surface area contributed by atoms with E-state index in [1.54, 1.807) is 0 Å². The van der Waals surface area contributed by atoms with Crippen LogP contribution in [-0.4, -0.2) is 42.6 Å². The van der Waals surface area contributed by atoms with Gasteiger partial charge in [0.05, 0.1) is 11.2 Å². The molecule has 0 amide bonds. The van der Waals surface area contributed by atoms with Crippen molar-refractivity contribution >= 4 is 18.6 Å². The molecule has 0 radical (unpaired) electrons. The van der Waals surface area contributed by atoms with Crippen LogP contribution in [-0.2, 0) is 18.8 Å². The van der Waals surface area contributed by atoms with Crippen LogP contribution in [0, 0.1) is 0 Å². The molecule has 1 aliphatic rings. The van der Waals surface area contributed by atoms with E-state index in [2.05, 4.69) is 0 Å². The maximum atomic E-state index is 10.4. The quantitative estimate of drug-likeness (QED) is 0.615. The number of carboxylic acid groups (broad SMARTS) is 1. The van der Waals surface area contributed by atoms with Crippen LogP contribution in [0.15, 0.2) is 30.3 Å².